The summed E-state index contributed by atoms with van der Waals surface area (Å²) in [5, 5.41) is 9.91. The number of nitrogens with zero attached hydrogens (tertiary/aromatic N) is 3. The minimum absolute atomic E-state index is 0.180. The predicted molar refractivity (Wildman–Crippen MR) is 97.5 cm³/mol. The van der Waals surface area contributed by atoms with Crippen LogP contribution in [0.15, 0.2) is 23.3 Å². The second-order valence-corrected chi connectivity index (χ2v) is 6.71. The Labute approximate surface area is 154 Å². The molecule has 0 saturated carbocycles. The molecular weight excluding hydrogens is 365 g/mol. The average Bonchev–Trinajstić information content (AvgIpc) is 2.91. The van der Waals surface area contributed by atoms with Crippen LogP contribution in [0.1, 0.15) is 21.1 Å². The molecular formula is C16H21F3N6S. The molecule has 142 valence electrons. The van der Waals surface area contributed by atoms with Gasteiger partial charge in [0.1, 0.15) is 5.82 Å². The SMILES string of the molecule is CN=C(NCCNc1ncccc1C(F)(F)F)NCc1sc(C)nc1C. The number of nitrogens with one attached hydrogen (secondary N) is 3. The molecule has 6 nitrogen and oxygen atoms in total. The number of alkyl halides is 3. The first-order valence-electron chi connectivity index (χ1n) is 7.94. The lowest BCUT2D eigenvalue weighted by Gasteiger charge is -2.14. The Bertz CT molecular complexity index is 757. The van der Waals surface area contributed by atoms with Gasteiger partial charge in [0.25, 0.3) is 0 Å². The van der Waals surface area contributed by atoms with Gasteiger partial charge in [0, 0.05) is 31.2 Å². The van der Waals surface area contributed by atoms with Gasteiger partial charge in [0.05, 0.1) is 22.8 Å². The molecule has 2 heterocycles. The number of hydrogen-bond donors (Lipinski definition) is 3. The summed E-state index contributed by atoms with van der Waals surface area (Å²) in [6.45, 7) is 5.13. The fraction of sp³-hybridized carbons (Fsp3) is 0.438. The summed E-state index contributed by atoms with van der Waals surface area (Å²) in [6.07, 6.45) is -3.11. The Morgan fingerprint density at radius 3 is 2.62 bits per heavy atom. The number of aliphatic imine (C=N–C) groups is 1. The fourth-order valence-electron chi connectivity index (χ4n) is 2.26. The number of pyridine rings is 1. The number of guanidine groups is 1. The highest BCUT2D eigenvalue weighted by atomic mass is 32.1. The molecule has 26 heavy (non-hydrogen) atoms. The fourth-order valence-corrected chi connectivity index (χ4v) is 3.14. The van der Waals surface area contributed by atoms with Crippen LogP contribution in [0, 0.1) is 13.8 Å². The second kappa shape index (κ2) is 8.84. The lowest BCUT2D eigenvalue weighted by Crippen LogP contribution is -2.39. The van der Waals surface area contributed by atoms with Gasteiger partial charge in [0.15, 0.2) is 5.96 Å². The van der Waals surface area contributed by atoms with Gasteiger partial charge in [0.2, 0.25) is 0 Å². The summed E-state index contributed by atoms with van der Waals surface area (Å²) < 4.78 is 38.7. The highest BCUT2D eigenvalue weighted by Crippen LogP contribution is 2.33. The largest absolute Gasteiger partial charge is 0.419 e. The van der Waals surface area contributed by atoms with Crippen molar-refractivity contribution in [3.8, 4) is 0 Å². The molecule has 0 aromatic carbocycles. The number of halogens is 3. The normalized spacial score (nSPS) is 12.2. The molecule has 3 N–H and O–H groups in total. The number of anilines is 1. The smallest absolute Gasteiger partial charge is 0.368 e. The molecule has 0 unspecified atom stereocenters. The van der Waals surface area contributed by atoms with Crippen molar-refractivity contribution in [3.63, 3.8) is 0 Å². The van der Waals surface area contributed by atoms with Crippen LogP contribution >= 0.6 is 11.3 Å². The van der Waals surface area contributed by atoms with E-state index in [1.54, 1.807) is 18.4 Å². The van der Waals surface area contributed by atoms with Crippen molar-refractivity contribution in [2.75, 3.05) is 25.5 Å². The van der Waals surface area contributed by atoms with E-state index >= 15 is 0 Å². The summed E-state index contributed by atoms with van der Waals surface area (Å²) in [4.78, 5) is 13.3. The van der Waals surface area contributed by atoms with Gasteiger partial charge < -0.3 is 16.0 Å². The second-order valence-electron chi connectivity index (χ2n) is 5.42. The van der Waals surface area contributed by atoms with Crippen molar-refractivity contribution < 1.29 is 13.2 Å². The topological polar surface area (TPSA) is 74.2 Å². The third-order valence-corrected chi connectivity index (χ3v) is 4.54. The van der Waals surface area contributed by atoms with E-state index in [1.165, 1.54) is 12.3 Å². The summed E-state index contributed by atoms with van der Waals surface area (Å²) in [7, 11) is 1.63. The number of aryl methyl sites for hydroxylation is 2. The number of hydrogen-bond acceptors (Lipinski definition) is 5. The number of rotatable bonds is 6. The molecule has 0 radical (unpaired) electrons. The van der Waals surface area contributed by atoms with E-state index in [0.717, 1.165) is 21.6 Å². The Balaban J connectivity index is 1.81. The number of thiazole rings is 1. The van der Waals surface area contributed by atoms with Crippen molar-refractivity contribution in [2.24, 2.45) is 4.99 Å². The third-order valence-electron chi connectivity index (χ3n) is 3.46. The molecule has 0 aliphatic rings. The van der Waals surface area contributed by atoms with Crippen LogP contribution in [0.25, 0.3) is 0 Å². The molecule has 0 bridgehead atoms. The molecule has 0 aliphatic heterocycles. The van der Waals surface area contributed by atoms with Crippen LogP contribution in [0.4, 0.5) is 19.0 Å². The van der Waals surface area contributed by atoms with Gasteiger partial charge in [-0.1, -0.05) is 0 Å². The van der Waals surface area contributed by atoms with Crippen molar-refractivity contribution in [2.45, 2.75) is 26.6 Å². The Morgan fingerprint density at radius 2 is 2.00 bits per heavy atom. The molecule has 0 fully saturated rings. The summed E-state index contributed by atoms with van der Waals surface area (Å²) in [6, 6.07) is 2.27. The first kappa shape index (κ1) is 20.0. The monoisotopic (exact) mass is 386 g/mol. The van der Waals surface area contributed by atoms with Gasteiger partial charge in [-0.25, -0.2) is 9.97 Å². The first-order chi connectivity index (χ1) is 12.3. The van der Waals surface area contributed by atoms with Crippen LogP contribution in [0.2, 0.25) is 0 Å². The summed E-state index contributed by atoms with van der Waals surface area (Å²) in [5.41, 5.74) is 0.200. The minimum atomic E-state index is -4.44. The Hall–Kier alpha value is -2.36. The predicted octanol–water partition coefficient (Wildman–Crippen LogP) is 2.95. The van der Waals surface area contributed by atoms with Crippen molar-refractivity contribution in [1.82, 2.24) is 20.6 Å². The molecule has 2 rings (SSSR count). The lowest BCUT2D eigenvalue weighted by atomic mass is 10.2. The molecule has 0 aliphatic carbocycles. The quantitative estimate of drug-likeness (QED) is 0.404. The van der Waals surface area contributed by atoms with Crippen LogP contribution < -0.4 is 16.0 Å². The maximum atomic E-state index is 12.9. The Kier molecular flexibility index (Phi) is 6.78. The standard InChI is InChI=1S/C16H21F3N6S/c1-10-13(26-11(2)25-10)9-24-15(20-3)23-8-7-22-14-12(16(17,18)19)5-4-6-21-14/h4-6H,7-9H2,1-3H3,(H,21,22)(H2,20,23,24). The maximum absolute atomic E-state index is 12.9. The zero-order chi connectivity index (χ0) is 19.2. The molecule has 10 heteroatoms. The first-order valence-corrected chi connectivity index (χ1v) is 8.76. The van der Waals surface area contributed by atoms with E-state index in [2.05, 4.69) is 30.9 Å². The van der Waals surface area contributed by atoms with Gasteiger partial charge in [-0.05, 0) is 26.0 Å². The molecule has 0 saturated heterocycles. The third kappa shape index (κ3) is 5.58. The van der Waals surface area contributed by atoms with E-state index in [0.29, 0.717) is 19.0 Å². The van der Waals surface area contributed by atoms with Crippen LogP contribution in [0.5, 0.6) is 0 Å². The van der Waals surface area contributed by atoms with E-state index < -0.39 is 11.7 Å². The van der Waals surface area contributed by atoms with Crippen molar-refractivity contribution in [3.05, 3.63) is 39.5 Å². The van der Waals surface area contributed by atoms with Crippen LogP contribution in [-0.2, 0) is 12.7 Å². The van der Waals surface area contributed by atoms with Gasteiger partial charge >= 0.3 is 6.18 Å². The molecule has 2 aromatic rings. The van der Waals surface area contributed by atoms with E-state index in [1.807, 2.05) is 13.8 Å². The highest BCUT2D eigenvalue weighted by molar-refractivity contribution is 7.11. The zero-order valence-electron chi connectivity index (χ0n) is 14.7. The molecule has 0 atom stereocenters. The maximum Gasteiger partial charge on any atom is 0.419 e. The summed E-state index contributed by atoms with van der Waals surface area (Å²) in [5.74, 6) is 0.384. The van der Waals surface area contributed by atoms with Crippen molar-refractivity contribution >= 4 is 23.1 Å². The highest BCUT2D eigenvalue weighted by Gasteiger charge is 2.33. The minimum Gasteiger partial charge on any atom is -0.368 e. The van der Waals surface area contributed by atoms with Crippen molar-refractivity contribution in [1.29, 1.82) is 0 Å². The molecule has 0 spiro atoms. The molecule has 0 amide bonds. The Morgan fingerprint density at radius 1 is 1.23 bits per heavy atom. The van der Waals surface area contributed by atoms with E-state index in [-0.39, 0.29) is 12.4 Å². The average molecular weight is 386 g/mol. The van der Waals surface area contributed by atoms with Gasteiger partial charge in [-0.15, -0.1) is 11.3 Å². The summed E-state index contributed by atoms with van der Waals surface area (Å²) >= 11 is 1.61. The lowest BCUT2D eigenvalue weighted by molar-refractivity contribution is -0.137. The van der Waals surface area contributed by atoms with Crippen LogP contribution in [-0.4, -0.2) is 36.1 Å². The van der Waals surface area contributed by atoms with E-state index in [4.69, 9.17) is 0 Å². The van der Waals surface area contributed by atoms with Gasteiger partial charge in [-0.3, -0.25) is 4.99 Å². The van der Waals surface area contributed by atoms with Crippen LogP contribution in [0.3, 0.4) is 0 Å². The van der Waals surface area contributed by atoms with Gasteiger partial charge in [-0.2, -0.15) is 13.2 Å². The number of aromatic nitrogens is 2. The van der Waals surface area contributed by atoms with E-state index in [9.17, 15) is 13.2 Å². The zero-order valence-corrected chi connectivity index (χ0v) is 15.6. The molecule has 2 aromatic heterocycles.